The molecule has 0 saturated carbocycles. The van der Waals surface area contributed by atoms with E-state index >= 15 is 0 Å². The number of carbonyl (C=O) groups excluding carboxylic acids is 1. The monoisotopic (exact) mass is 383 g/mol. The zero-order valence-electron chi connectivity index (χ0n) is 16.9. The van der Waals surface area contributed by atoms with Crippen molar-refractivity contribution in [3.05, 3.63) is 59.2 Å². The summed E-state index contributed by atoms with van der Waals surface area (Å²) < 4.78 is 11.2. The normalized spacial score (nSPS) is 15.9. The number of benzene rings is 2. The minimum absolute atomic E-state index is 0.0571. The van der Waals surface area contributed by atoms with Crippen molar-refractivity contribution in [2.45, 2.75) is 38.7 Å². The summed E-state index contributed by atoms with van der Waals surface area (Å²) in [5.41, 5.74) is 2.36. The molecule has 2 aromatic carbocycles. The molecule has 0 atom stereocenters. The van der Waals surface area contributed by atoms with Gasteiger partial charge in [-0.2, -0.15) is 0 Å². The summed E-state index contributed by atoms with van der Waals surface area (Å²) in [6.45, 7) is 5.40. The van der Waals surface area contributed by atoms with E-state index in [2.05, 4.69) is 6.92 Å². The lowest BCUT2D eigenvalue weighted by Crippen LogP contribution is -2.49. The fourth-order valence-corrected chi connectivity index (χ4v) is 3.46. The smallest absolute Gasteiger partial charge is 0.227 e. The molecule has 0 aromatic heterocycles. The van der Waals surface area contributed by atoms with Gasteiger partial charge in [-0.05, 0) is 56.0 Å². The molecule has 0 aliphatic carbocycles. The number of likely N-dealkylation sites (tertiary alicyclic amines) is 1. The number of hydrogen-bond donors (Lipinski definition) is 1. The van der Waals surface area contributed by atoms with Crippen molar-refractivity contribution in [2.24, 2.45) is 0 Å². The maximum atomic E-state index is 12.7. The highest BCUT2D eigenvalue weighted by molar-refractivity contribution is 5.79. The van der Waals surface area contributed by atoms with E-state index in [1.807, 2.05) is 54.3 Å². The summed E-state index contributed by atoms with van der Waals surface area (Å²) in [4.78, 5) is 14.5. The largest absolute Gasteiger partial charge is 0.496 e. The van der Waals surface area contributed by atoms with Crippen molar-refractivity contribution in [1.82, 2.24) is 4.90 Å². The van der Waals surface area contributed by atoms with Gasteiger partial charge in [0.05, 0.1) is 13.5 Å². The molecule has 1 aliphatic heterocycles. The van der Waals surface area contributed by atoms with Gasteiger partial charge in [0.2, 0.25) is 5.91 Å². The molecule has 1 amide bonds. The van der Waals surface area contributed by atoms with Gasteiger partial charge in [-0.15, -0.1) is 0 Å². The second-order valence-corrected chi connectivity index (χ2v) is 7.63. The van der Waals surface area contributed by atoms with E-state index in [9.17, 15) is 9.90 Å². The number of aryl methyl sites for hydroxylation is 2. The van der Waals surface area contributed by atoms with Crippen LogP contribution in [-0.2, 0) is 11.2 Å². The Morgan fingerprint density at radius 2 is 1.82 bits per heavy atom. The number of hydrogen-bond acceptors (Lipinski definition) is 4. The lowest BCUT2D eigenvalue weighted by molar-refractivity contribution is -0.135. The van der Waals surface area contributed by atoms with E-state index in [4.69, 9.17) is 9.47 Å². The number of rotatable bonds is 6. The van der Waals surface area contributed by atoms with Crippen molar-refractivity contribution >= 4 is 5.91 Å². The molecule has 1 heterocycles. The summed E-state index contributed by atoms with van der Waals surface area (Å²) in [5.74, 6) is 1.55. The Morgan fingerprint density at radius 3 is 2.50 bits per heavy atom. The van der Waals surface area contributed by atoms with Gasteiger partial charge in [-0.1, -0.05) is 24.3 Å². The zero-order valence-corrected chi connectivity index (χ0v) is 16.9. The van der Waals surface area contributed by atoms with Gasteiger partial charge < -0.3 is 19.5 Å². The summed E-state index contributed by atoms with van der Waals surface area (Å²) in [7, 11) is 1.61. The van der Waals surface area contributed by atoms with Crippen LogP contribution in [0.1, 0.15) is 29.5 Å². The first kappa shape index (κ1) is 20.2. The van der Waals surface area contributed by atoms with Crippen molar-refractivity contribution in [3.63, 3.8) is 0 Å². The Morgan fingerprint density at radius 1 is 1.11 bits per heavy atom. The minimum atomic E-state index is -0.903. The molecule has 28 heavy (non-hydrogen) atoms. The highest BCUT2D eigenvalue weighted by Gasteiger charge is 2.34. The van der Waals surface area contributed by atoms with Crippen LogP contribution in [0.5, 0.6) is 11.5 Å². The first-order valence-corrected chi connectivity index (χ1v) is 9.72. The lowest BCUT2D eigenvalue weighted by Gasteiger charge is -2.38. The Labute approximate surface area is 166 Å². The van der Waals surface area contributed by atoms with E-state index in [-0.39, 0.29) is 12.5 Å². The number of nitrogens with zero attached hydrogens (tertiary/aromatic N) is 1. The second-order valence-electron chi connectivity index (χ2n) is 7.63. The molecule has 0 radical (unpaired) electrons. The number of carbonyl (C=O) groups is 1. The van der Waals surface area contributed by atoms with E-state index in [1.165, 1.54) is 11.1 Å². The average Bonchev–Trinajstić information content (AvgIpc) is 2.70. The van der Waals surface area contributed by atoms with Crippen LogP contribution in [0.15, 0.2) is 42.5 Å². The molecule has 3 rings (SSSR count). The summed E-state index contributed by atoms with van der Waals surface area (Å²) in [6, 6.07) is 13.5. The molecule has 2 aromatic rings. The third-order valence-electron chi connectivity index (χ3n) is 5.57. The lowest BCUT2D eigenvalue weighted by atomic mass is 9.92. The predicted molar refractivity (Wildman–Crippen MR) is 109 cm³/mol. The second kappa shape index (κ2) is 8.65. The highest BCUT2D eigenvalue weighted by atomic mass is 16.5. The Kier molecular flexibility index (Phi) is 6.25. The van der Waals surface area contributed by atoms with E-state index in [0.29, 0.717) is 32.4 Å². The summed E-state index contributed by atoms with van der Waals surface area (Å²) >= 11 is 0. The van der Waals surface area contributed by atoms with E-state index in [1.54, 1.807) is 7.11 Å². The topological polar surface area (TPSA) is 59.0 Å². The predicted octanol–water partition coefficient (Wildman–Crippen LogP) is 3.29. The van der Waals surface area contributed by atoms with Crippen molar-refractivity contribution < 1.29 is 19.4 Å². The Hall–Kier alpha value is -2.53. The van der Waals surface area contributed by atoms with Crippen LogP contribution in [0.2, 0.25) is 0 Å². The molecule has 1 fully saturated rings. The molecule has 5 nitrogen and oxygen atoms in total. The van der Waals surface area contributed by atoms with Gasteiger partial charge in [0.25, 0.3) is 0 Å². The molecular weight excluding hydrogens is 354 g/mol. The maximum Gasteiger partial charge on any atom is 0.227 e. The molecule has 1 saturated heterocycles. The summed E-state index contributed by atoms with van der Waals surface area (Å²) in [6.07, 6.45) is 1.33. The third kappa shape index (κ3) is 4.84. The fraction of sp³-hybridized carbons (Fsp3) is 0.435. The van der Waals surface area contributed by atoms with Crippen LogP contribution in [-0.4, -0.2) is 48.3 Å². The third-order valence-corrected chi connectivity index (χ3v) is 5.57. The molecule has 1 aliphatic rings. The Bertz CT molecular complexity index is 825. The first-order chi connectivity index (χ1) is 13.4. The Balaban J connectivity index is 1.52. The number of ether oxygens (including phenoxy) is 2. The molecule has 0 spiro atoms. The van der Waals surface area contributed by atoms with Gasteiger partial charge in [-0.25, -0.2) is 0 Å². The van der Waals surface area contributed by atoms with Gasteiger partial charge in [0, 0.05) is 18.7 Å². The van der Waals surface area contributed by atoms with Crippen molar-refractivity contribution in [3.8, 4) is 11.5 Å². The first-order valence-electron chi connectivity index (χ1n) is 9.72. The number of aliphatic hydroxyl groups is 1. The van der Waals surface area contributed by atoms with Crippen LogP contribution >= 0.6 is 0 Å². The summed E-state index contributed by atoms with van der Waals surface area (Å²) in [5, 5.41) is 10.8. The van der Waals surface area contributed by atoms with E-state index in [0.717, 1.165) is 17.1 Å². The molecule has 0 bridgehead atoms. The van der Waals surface area contributed by atoms with Gasteiger partial charge in [-0.3, -0.25) is 4.79 Å². The quantitative estimate of drug-likeness (QED) is 0.832. The number of methoxy groups -OCH3 is 1. The number of amides is 1. The molecule has 0 unspecified atom stereocenters. The zero-order chi connectivity index (χ0) is 20.1. The number of para-hydroxylation sites is 1. The van der Waals surface area contributed by atoms with Gasteiger partial charge in [0.1, 0.15) is 23.7 Å². The minimum Gasteiger partial charge on any atom is -0.496 e. The van der Waals surface area contributed by atoms with Crippen LogP contribution < -0.4 is 9.47 Å². The molecule has 150 valence electrons. The van der Waals surface area contributed by atoms with Crippen molar-refractivity contribution in [1.29, 1.82) is 0 Å². The molecular formula is C23H29NO4. The van der Waals surface area contributed by atoms with Gasteiger partial charge >= 0.3 is 0 Å². The SMILES string of the molecule is COc1ccccc1CC(=O)N1CCC(O)(COc2ccc(C)c(C)c2)CC1. The van der Waals surface area contributed by atoms with Crippen LogP contribution in [0, 0.1) is 13.8 Å². The average molecular weight is 383 g/mol. The van der Waals surface area contributed by atoms with Crippen LogP contribution in [0.4, 0.5) is 0 Å². The maximum absolute atomic E-state index is 12.7. The van der Waals surface area contributed by atoms with Gasteiger partial charge in [0.15, 0.2) is 0 Å². The number of piperidine rings is 1. The van der Waals surface area contributed by atoms with Crippen LogP contribution in [0.3, 0.4) is 0 Å². The van der Waals surface area contributed by atoms with E-state index < -0.39 is 5.60 Å². The molecule has 1 N–H and O–H groups in total. The van der Waals surface area contributed by atoms with Crippen molar-refractivity contribution in [2.75, 3.05) is 26.8 Å². The fourth-order valence-electron chi connectivity index (χ4n) is 3.46. The molecule has 5 heteroatoms. The standard InChI is InChI=1S/C23H29NO4/c1-17-8-9-20(14-18(17)2)28-16-23(26)10-12-24(13-11-23)22(25)15-19-6-4-5-7-21(19)27-3/h4-9,14,26H,10-13,15-16H2,1-3H3. The van der Waals surface area contributed by atoms with Crippen LogP contribution in [0.25, 0.3) is 0 Å². The highest BCUT2D eigenvalue weighted by Crippen LogP contribution is 2.26.